The van der Waals surface area contributed by atoms with Crippen LogP contribution in [0.1, 0.15) is 12.0 Å². The van der Waals surface area contributed by atoms with Gasteiger partial charge >= 0.3 is 6.03 Å². The first-order valence-electron chi connectivity index (χ1n) is 11.4. The van der Waals surface area contributed by atoms with Gasteiger partial charge in [-0.05, 0) is 72.6 Å². The average molecular weight is 492 g/mol. The van der Waals surface area contributed by atoms with E-state index in [1.54, 1.807) is 31.4 Å². The van der Waals surface area contributed by atoms with Crippen molar-refractivity contribution in [2.24, 2.45) is 0 Å². The smallest absolute Gasteiger partial charge is 0.332 e. The van der Waals surface area contributed by atoms with Crippen LogP contribution in [-0.4, -0.2) is 49.6 Å². The van der Waals surface area contributed by atoms with Crippen LogP contribution in [0.2, 0.25) is 0 Å². The Labute approximate surface area is 208 Å². The monoisotopic (exact) mass is 491 g/mol. The number of hydrogen-bond acceptors (Lipinski definition) is 5. The molecule has 0 bridgehead atoms. The summed E-state index contributed by atoms with van der Waals surface area (Å²) in [5, 5.41) is 2.66. The third-order valence-corrected chi connectivity index (χ3v) is 5.96. The zero-order chi connectivity index (χ0) is 25.7. The Morgan fingerprint density at radius 2 is 1.47 bits per heavy atom. The fourth-order valence-corrected chi connectivity index (χ4v) is 4.02. The maximum absolute atomic E-state index is 13.4. The molecule has 0 aliphatic carbocycles. The molecule has 1 atom stereocenters. The van der Waals surface area contributed by atoms with Crippen molar-refractivity contribution in [3.05, 3.63) is 84.2 Å². The van der Waals surface area contributed by atoms with Crippen LogP contribution in [0, 0.1) is 5.82 Å². The number of carbonyl (C=O) groups is 3. The molecule has 0 saturated carbocycles. The largest absolute Gasteiger partial charge is 0.497 e. The quantitative estimate of drug-likeness (QED) is 0.452. The first-order chi connectivity index (χ1) is 17.4. The predicted molar refractivity (Wildman–Crippen MR) is 133 cm³/mol. The van der Waals surface area contributed by atoms with Gasteiger partial charge in [0.25, 0.3) is 5.91 Å². The number of benzene rings is 3. The molecule has 1 heterocycles. The van der Waals surface area contributed by atoms with Gasteiger partial charge in [-0.25, -0.2) is 14.1 Å². The minimum absolute atomic E-state index is 0.234. The van der Waals surface area contributed by atoms with Crippen LogP contribution in [-0.2, 0) is 16.0 Å². The van der Waals surface area contributed by atoms with Gasteiger partial charge in [0.15, 0.2) is 0 Å². The zero-order valence-corrected chi connectivity index (χ0v) is 19.9. The van der Waals surface area contributed by atoms with E-state index >= 15 is 0 Å². The number of amides is 4. The van der Waals surface area contributed by atoms with Gasteiger partial charge in [-0.15, -0.1) is 0 Å². The molecule has 1 saturated heterocycles. The fraction of sp³-hybridized carbons (Fsp3) is 0.222. The first-order valence-corrected chi connectivity index (χ1v) is 11.4. The molecule has 36 heavy (non-hydrogen) atoms. The van der Waals surface area contributed by atoms with E-state index in [1.807, 2.05) is 24.3 Å². The molecule has 0 radical (unpaired) electrons. The summed E-state index contributed by atoms with van der Waals surface area (Å²) in [5.41, 5.74) is 1.74. The number of hydrogen-bond donors (Lipinski definition) is 1. The highest BCUT2D eigenvalue weighted by Gasteiger charge is 2.46. The number of ether oxygens (including phenoxy) is 2. The van der Waals surface area contributed by atoms with Crippen LogP contribution in [0.3, 0.4) is 0 Å². The Hall–Kier alpha value is -4.40. The Morgan fingerprint density at radius 1 is 0.889 bits per heavy atom. The van der Waals surface area contributed by atoms with Gasteiger partial charge in [0.1, 0.15) is 23.4 Å². The lowest BCUT2D eigenvalue weighted by Crippen LogP contribution is -2.39. The third-order valence-electron chi connectivity index (χ3n) is 5.96. The van der Waals surface area contributed by atoms with E-state index < -0.39 is 29.7 Å². The highest BCUT2D eigenvalue weighted by Crippen LogP contribution is 2.29. The van der Waals surface area contributed by atoms with E-state index in [0.29, 0.717) is 29.3 Å². The summed E-state index contributed by atoms with van der Waals surface area (Å²) in [4.78, 5) is 42.1. The van der Waals surface area contributed by atoms with Crippen molar-refractivity contribution in [3.8, 4) is 11.5 Å². The number of rotatable bonds is 9. The molecule has 0 aromatic heterocycles. The number of imide groups is 1. The van der Waals surface area contributed by atoms with Crippen molar-refractivity contribution in [2.75, 3.05) is 31.0 Å². The van der Waals surface area contributed by atoms with E-state index in [9.17, 15) is 18.8 Å². The Balaban J connectivity index is 1.54. The number of nitrogens with zero attached hydrogens (tertiary/aromatic N) is 2. The summed E-state index contributed by atoms with van der Waals surface area (Å²) < 4.78 is 23.5. The van der Waals surface area contributed by atoms with Gasteiger partial charge in [0, 0.05) is 12.2 Å². The van der Waals surface area contributed by atoms with Gasteiger partial charge in [-0.2, -0.15) is 0 Å². The number of methoxy groups -OCH3 is 2. The Bertz CT molecular complexity index is 1230. The molecule has 8 nitrogen and oxygen atoms in total. The number of carbonyl (C=O) groups excluding carboxylic acids is 3. The predicted octanol–water partition coefficient (Wildman–Crippen LogP) is 4.25. The second kappa shape index (κ2) is 10.9. The Kier molecular flexibility index (Phi) is 7.48. The summed E-state index contributed by atoms with van der Waals surface area (Å²) in [6.45, 7) is 0.234. The second-order valence-corrected chi connectivity index (χ2v) is 8.22. The molecule has 1 unspecified atom stereocenters. The lowest BCUT2D eigenvalue weighted by Gasteiger charge is -2.21. The molecule has 186 valence electrons. The summed E-state index contributed by atoms with van der Waals surface area (Å²) in [6.07, 6.45) is 0.243. The molecule has 1 aliphatic rings. The average Bonchev–Trinajstić information content (AvgIpc) is 3.12. The van der Waals surface area contributed by atoms with Crippen LogP contribution in [0.4, 0.5) is 20.6 Å². The lowest BCUT2D eigenvalue weighted by molar-refractivity contribution is -0.124. The summed E-state index contributed by atoms with van der Waals surface area (Å²) in [6, 6.07) is 17.8. The minimum atomic E-state index is -0.988. The topological polar surface area (TPSA) is 88.2 Å². The van der Waals surface area contributed by atoms with Crippen molar-refractivity contribution >= 4 is 29.2 Å². The summed E-state index contributed by atoms with van der Waals surface area (Å²) >= 11 is 0. The molecule has 1 N–H and O–H groups in total. The maximum Gasteiger partial charge on any atom is 0.332 e. The molecule has 4 rings (SSSR count). The standard InChI is InChI=1S/C27H26FN3O5/c1-35-22-11-3-18(4-12-22)15-16-30-24(17-25(32)29-20-7-5-19(28)6-8-20)26(33)31(27(30)34)21-9-13-23(36-2)14-10-21/h3-14,24H,15-17H2,1-2H3,(H,29,32). The van der Waals surface area contributed by atoms with Crippen LogP contribution >= 0.6 is 0 Å². The minimum Gasteiger partial charge on any atom is -0.497 e. The maximum atomic E-state index is 13.4. The normalized spacial score (nSPS) is 15.2. The molecular formula is C27H26FN3O5. The number of urea groups is 1. The van der Waals surface area contributed by atoms with Crippen molar-refractivity contribution in [1.82, 2.24) is 4.90 Å². The summed E-state index contributed by atoms with van der Waals surface area (Å²) in [5.74, 6) is -0.0750. The molecule has 3 aromatic rings. The molecular weight excluding hydrogens is 465 g/mol. The summed E-state index contributed by atoms with van der Waals surface area (Å²) in [7, 11) is 3.11. The SMILES string of the molecule is COc1ccc(CCN2C(=O)N(c3ccc(OC)cc3)C(=O)C2CC(=O)Nc2ccc(F)cc2)cc1. The van der Waals surface area contributed by atoms with Crippen LogP contribution in [0.5, 0.6) is 11.5 Å². The van der Waals surface area contributed by atoms with Gasteiger partial charge in [-0.1, -0.05) is 12.1 Å². The lowest BCUT2D eigenvalue weighted by atomic mass is 10.1. The molecule has 1 aliphatic heterocycles. The van der Waals surface area contributed by atoms with Crippen molar-refractivity contribution in [2.45, 2.75) is 18.9 Å². The first kappa shape index (κ1) is 24.7. The second-order valence-electron chi connectivity index (χ2n) is 8.22. The fourth-order valence-electron chi connectivity index (χ4n) is 4.02. The zero-order valence-electron chi connectivity index (χ0n) is 19.9. The molecule has 1 fully saturated rings. The number of nitrogens with one attached hydrogen (secondary N) is 1. The third kappa shape index (κ3) is 5.46. The van der Waals surface area contributed by atoms with Crippen LogP contribution in [0.15, 0.2) is 72.8 Å². The van der Waals surface area contributed by atoms with E-state index in [-0.39, 0.29) is 13.0 Å². The molecule has 0 spiro atoms. The van der Waals surface area contributed by atoms with Crippen LogP contribution in [0.25, 0.3) is 0 Å². The molecule has 3 aromatic carbocycles. The van der Waals surface area contributed by atoms with Gasteiger partial charge in [0.05, 0.1) is 26.3 Å². The molecule has 4 amide bonds. The van der Waals surface area contributed by atoms with Gasteiger partial charge in [0.2, 0.25) is 5.91 Å². The van der Waals surface area contributed by atoms with Crippen molar-refractivity contribution in [3.63, 3.8) is 0 Å². The van der Waals surface area contributed by atoms with Gasteiger partial charge < -0.3 is 19.7 Å². The highest BCUT2D eigenvalue weighted by molar-refractivity contribution is 6.22. The highest BCUT2D eigenvalue weighted by atomic mass is 19.1. The van der Waals surface area contributed by atoms with E-state index in [1.165, 1.54) is 36.3 Å². The van der Waals surface area contributed by atoms with Crippen molar-refractivity contribution < 1.29 is 28.2 Å². The molecule has 9 heteroatoms. The van der Waals surface area contributed by atoms with Crippen LogP contribution < -0.4 is 19.7 Å². The van der Waals surface area contributed by atoms with Gasteiger partial charge in [-0.3, -0.25) is 9.59 Å². The van der Waals surface area contributed by atoms with Crippen molar-refractivity contribution in [1.29, 1.82) is 0 Å². The number of halogens is 1. The number of anilines is 2. The Morgan fingerprint density at radius 3 is 2.06 bits per heavy atom. The van der Waals surface area contributed by atoms with E-state index in [4.69, 9.17) is 9.47 Å². The van der Waals surface area contributed by atoms with E-state index in [2.05, 4.69) is 5.32 Å². The van der Waals surface area contributed by atoms with E-state index in [0.717, 1.165) is 10.5 Å².